The molecule has 1 aliphatic rings. The molecule has 0 N–H and O–H groups in total. The van der Waals surface area contributed by atoms with Crippen molar-refractivity contribution in [1.29, 1.82) is 0 Å². The van der Waals surface area contributed by atoms with Crippen LogP contribution in [0, 0.1) is 5.92 Å². The first kappa shape index (κ1) is 15.5. The number of carbonyl (C=O) groups excluding carboxylic acids is 1. The lowest BCUT2D eigenvalue weighted by Crippen LogP contribution is -2.37. The smallest absolute Gasteiger partial charge is 0.309 e. The second kappa shape index (κ2) is 7.22. The van der Waals surface area contributed by atoms with Crippen LogP contribution in [0.5, 0.6) is 0 Å². The van der Waals surface area contributed by atoms with E-state index < -0.39 is 0 Å². The van der Waals surface area contributed by atoms with Gasteiger partial charge < -0.3 is 9.64 Å². The summed E-state index contributed by atoms with van der Waals surface area (Å²) in [5.41, 5.74) is 1.93. The number of ether oxygens (including phenoxy) is 1. The molecule has 0 saturated carbocycles. The first-order chi connectivity index (χ1) is 11.3. The third-order valence-corrected chi connectivity index (χ3v) is 4.16. The zero-order valence-electron chi connectivity index (χ0n) is 13.3. The quantitative estimate of drug-likeness (QED) is 0.813. The highest BCUT2D eigenvalue weighted by molar-refractivity contribution is 5.72. The molecule has 0 atom stereocenters. The Labute approximate surface area is 136 Å². The summed E-state index contributed by atoms with van der Waals surface area (Å²) in [6.07, 6.45) is 1.61. The van der Waals surface area contributed by atoms with Crippen molar-refractivity contribution in [2.24, 2.45) is 5.92 Å². The number of hydrogen-bond donors (Lipinski definition) is 0. The van der Waals surface area contributed by atoms with E-state index in [0.29, 0.717) is 6.61 Å². The summed E-state index contributed by atoms with van der Waals surface area (Å²) in [6.45, 7) is 3.91. The van der Waals surface area contributed by atoms with Gasteiger partial charge in [0.25, 0.3) is 0 Å². The van der Waals surface area contributed by atoms with Crippen molar-refractivity contribution in [2.45, 2.75) is 19.8 Å². The SMILES string of the molecule is CCOC(=O)C1CCN(c2ccc(-c3ccccc3)nn2)CC1. The molecule has 1 fully saturated rings. The lowest BCUT2D eigenvalue weighted by atomic mass is 9.97. The van der Waals surface area contributed by atoms with Crippen molar-refractivity contribution in [3.05, 3.63) is 42.5 Å². The van der Waals surface area contributed by atoms with E-state index in [9.17, 15) is 4.79 Å². The van der Waals surface area contributed by atoms with E-state index in [4.69, 9.17) is 4.74 Å². The average Bonchev–Trinajstić information content (AvgIpc) is 2.63. The van der Waals surface area contributed by atoms with Gasteiger partial charge in [0.15, 0.2) is 5.82 Å². The number of benzene rings is 1. The summed E-state index contributed by atoms with van der Waals surface area (Å²) >= 11 is 0. The summed E-state index contributed by atoms with van der Waals surface area (Å²) in [5.74, 6) is 0.812. The Morgan fingerprint density at radius 2 is 1.87 bits per heavy atom. The summed E-state index contributed by atoms with van der Waals surface area (Å²) in [7, 11) is 0. The zero-order valence-corrected chi connectivity index (χ0v) is 13.3. The second-order valence-corrected chi connectivity index (χ2v) is 5.66. The van der Waals surface area contributed by atoms with Gasteiger partial charge in [0.1, 0.15) is 0 Å². The van der Waals surface area contributed by atoms with Gasteiger partial charge in [-0.15, -0.1) is 10.2 Å². The molecule has 1 saturated heterocycles. The van der Waals surface area contributed by atoms with Crippen molar-refractivity contribution >= 4 is 11.8 Å². The Hall–Kier alpha value is -2.43. The van der Waals surface area contributed by atoms with E-state index in [-0.39, 0.29) is 11.9 Å². The van der Waals surface area contributed by atoms with Crippen LogP contribution in [0.1, 0.15) is 19.8 Å². The van der Waals surface area contributed by atoms with Crippen molar-refractivity contribution in [2.75, 3.05) is 24.6 Å². The van der Waals surface area contributed by atoms with E-state index in [2.05, 4.69) is 15.1 Å². The summed E-state index contributed by atoms with van der Waals surface area (Å²) < 4.78 is 5.10. The van der Waals surface area contributed by atoms with E-state index >= 15 is 0 Å². The van der Waals surface area contributed by atoms with Gasteiger partial charge >= 0.3 is 5.97 Å². The van der Waals surface area contributed by atoms with Crippen molar-refractivity contribution in [3.8, 4) is 11.3 Å². The number of aromatic nitrogens is 2. The Bertz CT molecular complexity index is 635. The van der Waals surface area contributed by atoms with Gasteiger partial charge in [0.05, 0.1) is 18.2 Å². The first-order valence-electron chi connectivity index (χ1n) is 8.08. The summed E-state index contributed by atoms with van der Waals surface area (Å²) in [5, 5.41) is 8.67. The van der Waals surface area contributed by atoms with E-state index in [1.165, 1.54) is 0 Å². The molecule has 120 valence electrons. The Morgan fingerprint density at radius 1 is 1.13 bits per heavy atom. The highest BCUT2D eigenvalue weighted by Crippen LogP contribution is 2.24. The molecule has 1 aliphatic heterocycles. The van der Waals surface area contributed by atoms with Gasteiger partial charge in [-0.25, -0.2) is 0 Å². The molecule has 3 rings (SSSR count). The predicted molar refractivity (Wildman–Crippen MR) is 89.0 cm³/mol. The fourth-order valence-corrected chi connectivity index (χ4v) is 2.86. The highest BCUT2D eigenvalue weighted by atomic mass is 16.5. The molecule has 0 spiro atoms. The number of piperidine rings is 1. The number of carbonyl (C=O) groups is 1. The standard InChI is InChI=1S/C18H21N3O2/c1-2-23-18(22)15-10-12-21(13-11-15)17-9-8-16(19-20-17)14-6-4-3-5-7-14/h3-9,15H,2,10-13H2,1H3. The van der Waals surface area contributed by atoms with Crippen molar-refractivity contribution in [3.63, 3.8) is 0 Å². The molecule has 5 nitrogen and oxygen atoms in total. The third-order valence-electron chi connectivity index (χ3n) is 4.16. The van der Waals surface area contributed by atoms with Crippen LogP contribution in [-0.4, -0.2) is 35.9 Å². The van der Waals surface area contributed by atoms with E-state index in [0.717, 1.165) is 43.0 Å². The monoisotopic (exact) mass is 311 g/mol. The maximum absolute atomic E-state index is 11.8. The molecule has 0 radical (unpaired) electrons. The molecule has 0 bridgehead atoms. The fraction of sp³-hybridized carbons (Fsp3) is 0.389. The largest absolute Gasteiger partial charge is 0.466 e. The average molecular weight is 311 g/mol. The van der Waals surface area contributed by atoms with Crippen LogP contribution < -0.4 is 4.90 Å². The molecule has 0 amide bonds. The Kier molecular flexibility index (Phi) is 4.86. The van der Waals surface area contributed by atoms with Gasteiger partial charge in [-0.3, -0.25) is 4.79 Å². The van der Waals surface area contributed by atoms with Crippen LogP contribution in [0.15, 0.2) is 42.5 Å². The molecule has 1 aromatic heterocycles. The van der Waals surface area contributed by atoms with Gasteiger partial charge in [-0.1, -0.05) is 30.3 Å². The normalized spacial score (nSPS) is 15.4. The van der Waals surface area contributed by atoms with Gasteiger partial charge in [-0.05, 0) is 31.9 Å². The van der Waals surface area contributed by atoms with Crippen LogP contribution >= 0.6 is 0 Å². The minimum Gasteiger partial charge on any atom is -0.466 e. The van der Waals surface area contributed by atoms with Crippen LogP contribution in [0.3, 0.4) is 0 Å². The van der Waals surface area contributed by atoms with Crippen LogP contribution in [0.4, 0.5) is 5.82 Å². The lowest BCUT2D eigenvalue weighted by molar-refractivity contribution is -0.148. The van der Waals surface area contributed by atoms with E-state index in [1.54, 1.807) is 0 Å². The molecule has 1 aromatic carbocycles. The van der Waals surface area contributed by atoms with Gasteiger partial charge in [0.2, 0.25) is 0 Å². The lowest BCUT2D eigenvalue weighted by Gasteiger charge is -2.31. The molecular formula is C18H21N3O2. The van der Waals surface area contributed by atoms with Gasteiger partial charge in [0, 0.05) is 18.7 Å². The van der Waals surface area contributed by atoms with Crippen LogP contribution in [-0.2, 0) is 9.53 Å². The van der Waals surface area contributed by atoms with Gasteiger partial charge in [-0.2, -0.15) is 0 Å². The number of esters is 1. The van der Waals surface area contributed by atoms with Crippen LogP contribution in [0.25, 0.3) is 11.3 Å². The number of hydrogen-bond acceptors (Lipinski definition) is 5. The van der Waals surface area contributed by atoms with Crippen molar-refractivity contribution < 1.29 is 9.53 Å². The first-order valence-corrected chi connectivity index (χ1v) is 8.08. The highest BCUT2D eigenvalue weighted by Gasteiger charge is 2.26. The number of nitrogens with zero attached hydrogens (tertiary/aromatic N) is 3. The third kappa shape index (κ3) is 3.67. The molecule has 0 unspecified atom stereocenters. The molecule has 2 heterocycles. The number of rotatable bonds is 4. The Balaban J connectivity index is 1.62. The van der Waals surface area contributed by atoms with Crippen molar-refractivity contribution in [1.82, 2.24) is 10.2 Å². The summed E-state index contributed by atoms with van der Waals surface area (Å²) in [4.78, 5) is 14.0. The second-order valence-electron chi connectivity index (χ2n) is 5.66. The minimum absolute atomic E-state index is 0.0164. The van der Waals surface area contributed by atoms with Crippen LogP contribution in [0.2, 0.25) is 0 Å². The van der Waals surface area contributed by atoms with E-state index in [1.807, 2.05) is 49.4 Å². The molecule has 0 aliphatic carbocycles. The minimum atomic E-state index is -0.0716. The molecular weight excluding hydrogens is 290 g/mol. The maximum atomic E-state index is 11.8. The predicted octanol–water partition coefficient (Wildman–Crippen LogP) is 2.92. The molecule has 5 heteroatoms. The number of anilines is 1. The fourth-order valence-electron chi connectivity index (χ4n) is 2.86. The molecule has 23 heavy (non-hydrogen) atoms. The molecule has 2 aromatic rings. The maximum Gasteiger partial charge on any atom is 0.309 e. The Morgan fingerprint density at radius 3 is 2.48 bits per heavy atom. The summed E-state index contributed by atoms with van der Waals surface area (Å²) in [6, 6.07) is 14.0. The topological polar surface area (TPSA) is 55.3 Å². The zero-order chi connectivity index (χ0) is 16.1.